The van der Waals surface area contributed by atoms with Crippen LogP contribution in [-0.2, 0) is 32.7 Å². The van der Waals surface area contributed by atoms with Crippen LogP contribution in [0.2, 0.25) is 0 Å². The Balaban J connectivity index is 4.29. The Labute approximate surface area is 538 Å². The van der Waals surface area contributed by atoms with E-state index in [9.17, 15) is 19.0 Å². The highest BCUT2D eigenvalue weighted by Gasteiger charge is 2.27. The Bertz CT molecular complexity index is 2280. The Kier molecular flexibility index (Phi) is 61.5. The number of phosphoric acid groups is 1. The third kappa shape index (κ3) is 69.4. The average molecular weight is 1230 g/mol. The van der Waals surface area contributed by atoms with Gasteiger partial charge < -0.3 is 18.9 Å². The fourth-order valence-corrected chi connectivity index (χ4v) is 8.68. The second kappa shape index (κ2) is 65.8. The van der Waals surface area contributed by atoms with Gasteiger partial charge in [-0.15, -0.1) is 0 Å². The lowest BCUT2D eigenvalue weighted by Crippen LogP contribution is -2.37. The summed E-state index contributed by atoms with van der Waals surface area (Å²) in [5.41, 5.74) is 0. The number of ether oxygens (including phenoxy) is 2. The van der Waals surface area contributed by atoms with E-state index in [2.05, 4.69) is 233 Å². The third-order valence-electron chi connectivity index (χ3n) is 13.0. The van der Waals surface area contributed by atoms with E-state index < -0.39 is 32.5 Å². The maximum atomic E-state index is 12.9. The van der Waals surface area contributed by atoms with Crippen LogP contribution in [-0.4, -0.2) is 74.9 Å². The predicted octanol–water partition coefficient (Wildman–Crippen LogP) is 22.0. The van der Waals surface area contributed by atoms with Crippen molar-refractivity contribution in [2.24, 2.45) is 0 Å². The number of hydrogen-bond acceptors (Lipinski definition) is 7. The van der Waals surface area contributed by atoms with Crippen LogP contribution in [0.1, 0.15) is 206 Å². The zero-order valence-corrected chi connectivity index (χ0v) is 56.5. The minimum Gasteiger partial charge on any atom is -0.462 e. The van der Waals surface area contributed by atoms with Gasteiger partial charge in [0.05, 0.1) is 27.7 Å². The molecule has 0 radical (unpaired) electrons. The molecule has 2 unspecified atom stereocenters. The van der Waals surface area contributed by atoms with Crippen LogP contribution in [0.25, 0.3) is 0 Å². The third-order valence-corrected chi connectivity index (χ3v) is 14.0. The van der Waals surface area contributed by atoms with Crippen molar-refractivity contribution in [3.63, 3.8) is 0 Å². The number of likely N-dealkylation sites (N-methyl/N-ethyl adjacent to an activating group) is 1. The Hall–Kier alpha value is -5.67. The molecule has 0 rings (SSSR count). The van der Waals surface area contributed by atoms with Crippen molar-refractivity contribution in [3.8, 4) is 0 Å². The summed E-state index contributed by atoms with van der Waals surface area (Å²) < 4.78 is 34.6. The molecule has 0 spiro atoms. The van der Waals surface area contributed by atoms with Crippen molar-refractivity contribution in [1.29, 1.82) is 0 Å². The molecule has 1 N–H and O–H groups in total. The van der Waals surface area contributed by atoms with Crippen molar-refractivity contribution in [2.75, 3.05) is 47.5 Å². The van der Waals surface area contributed by atoms with Crippen LogP contribution in [0.3, 0.4) is 0 Å². The van der Waals surface area contributed by atoms with Gasteiger partial charge in [0.1, 0.15) is 19.8 Å². The molecular formula is C78H121NO8P+. The monoisotopic (exact) mass is 1230 g/mol. The summed E-state index contributed by atoms with van der Waals surface area (Å²) in [6, 6.07) is 0. The van der Waals surface area contributed by atoms with Crippen LogP contribution in [0.4, 0.5) is 0 Å². The molecule has 0 aliphatic carbocycles. The second-order valence-corrected chi connectivity index (χ2v) is 23.8. The van der Waals surface area contributed by atoms with Crippen molar-refractivity contribution in [3.05, 3.63) is 219 Å². The summed E-state index contributed by atoms with van der Waals surface area (Å²) in [4.78, 5) is 35.8. The lowest BCUT2D eigenvalue weighted by atomic mass is 10.1. The van der Waals surface area contributed by atoms with E-state index in [0.717, 1.165) is 167 Å². The van der Waals surface area contributed by atoms with Gasteiger partial charge in [-0.25, -0.2) is 4.57 Å². The molecule has 0 aliphatic heterocycles. The van der Waals surface area contributed by atoms with Crippen LogP contribution in [0.15, 0.2) is 219 Å². The minimum absolute atomic E-state index is 0.00773. The number of hydrogen-bond donors (Lipinski definition) is 1. The molecule has 0 heterocycles. The average Bonchev–Trinajstić information content (AvgIpc) is 3.68. The zero-order valence-electron chi connectivity index (χ0n) is 55.6. The number of carbonyl (C=O) groups excluding carboxylic acids is 2. The molecule has 10 heteroatoms. The van der Waals surface area contributed by atoms with E-state index in [4.69, 9.17) is 18.5 Å². The first-order valence-corrected chi connectivity index (χ1v) is 35.0. The van der Waals surface area contributed by atoms with Gasteiger partial charge in [-0.2, -0.15) is 0 Å². The summed E-state index contributed by atoms with van der Waals surface area (Å²) in [7, 11) is 1.40. The number of unbranched alkanes of at least 4 members (excludes halogenated alkanes) is 8. The molecule has 2 atom stereocenters. The number of quaternary nitrogens is 1. The Morgan fingerprint density at radius 1 is 0.352 bits per heavy atom. The molecule has 0 saturated carbocycles. The van der Waals surface area contributed by atoms with Gasteiger partial charge in [-0.1, -0.05) is 258 Å². The first-order valence-electron chi connectivity index (χ1n) is 33.5. The molecule has 0 saturated heterocycles. The Morgan fingerprint density at radius 2 is 0.614 bits per heavy atom. The maximum Gasteiger partial charge on any atom is 0.472 e. The smallest absolute Gasteiger partial charge is 0.462 e. The van der Waals surface area contributed by atoms with Crippen LogP contribution in [0.5, 0.6) is 0 Å². The van der Waals surface area contributed by atoms with Crippen LogP contribution < -0.4 is 0 Å². The van der Waals surface area contributed by atoms with Gasteiger partial charge in [-0.05, 0) is 154 Å². The van der Waals surface area contributed by atoms with E-state index in [1.165, 1.54) is 0 Å². The van der Waals surface area contributed by atoms with Crippen molar-refractivity contribution < 1.29 is 42.1 Å². The predicted molar refractivity (Wildman–Crippen MR) is 380 cm³/mol. The van der Waals surface area contributed by atoms with E-state index in [-0.39, 0.29) is 26.1 Å². The summed E-state index contributed by atoms with van der Waals surface area (Å²) >= 11 is 0. The quantitative estimate of drug-likeness (QED) is 0.0211. The van der Waals surface area contributed by atoms with E-state index in [0.29, 0.717) is 23.9 Å². The summed E-state index contributed by atoms with van der Waals surface area (Å²) in [5.74, 6) is -0.886. The van der Waals surface area contributed by atoms with Gasteiger partial charge in [0.15, 0.2) is 6.10 Å². The number of carbonyl (C=O) groups is 2. The van der Waals surface area contributed by atoms with Crippen LogP contribution in [0, 0.1) is 0 Å². The van der Waals surface area contributed by atoms with Crippen LogP contribution >= 0.6 is 7.82 Å². The summed E-state index contributed by atoms with van der Waals surface area (Å²) in [5, 5.41) is 0. The fourth-order valence-electron chi connectivity index (χ4n) is 7.94. The number of allylic oxidation sites excluding steroid dienone is 36. The number of rotatable bonds is 58. The molecule has 0 aromatic rings. The van der Waals surface area contributed by atoms with Crippen molar-refractivity contribution in [2.45, 2.75) is 213 Å². The molecule has 88 heavy (non-hydrogen) atoms. The number of nitrogens with zero attached hydrogens (tertiary/aromatic N) is 1. The SMILES string of the molecule is CC/C=C\C/C=C\C/C=C\C/C=C\C/C=C\C/C=C\C/C=C\C/C=C\C/C=C\C/C=C\CCCCCCCCC(=O)OC(COC(=O)CCCC/C=C\C/C=C\C/C=C\C/C=C\C/C=C\C/C=C\C/C=C\C/C=C\CC)COP(=O)(O)OCC[N+](C)(C)C. The molecular weight excluding hydrogens is 1110 g/mol. The van der Waals surface area contributed by atoms with Gasteiger partial charge in [0.2, 0.25) is 0 Å². The van der Waals surface area contributed by atoms with E-state index in [1.807, 2.05) is 21.1 Å². The lowest BCUT2D eigenvalue weighted by Gasteiger charge is -2.24. The number of phosphoric ester groups is 1. The molecule has 0 fully saturated rings. The molecule has 490 valence electrons. The highest BCUT2D eigenvalue weighted by Crippen LogP contribution is 2.43. The molecule has 9 nitrogen and oxygen atoms in total. The van der Waals surface area contributed by atoms with Gasteiger partial charge >= 0.3 is 19.8 Å². The molecule has 0 aliphatic rings. The standard InChI is InChI=1S/C78H120NO8P/c1-6-8-10-12-14-16-18-20-22-24-26-28-30-32-34-35-36-37-38-39-40-41-42-43-45-47-49-51-53-55-57-59-61-63-65-67-69-71-78(81)87-76(75-86-88(82,83)85-73-72-79(3,4)5)74-84-77(80)70-68-66-64-62-60-58-56-54-52-50-48-46-44-33-31-29-27-25-23-21-19-17-15-13-11-9-7-2/h8-11,14-17,20-23,26-29,32-34,36-37,39-40,42-44,47-50,53-56,60,62,76H,6-7,12-13,18-19,24-25,30-31,35,38,41,45-46,51-52,57-59,61,63-75H2,1-5H3/p+1/b10-8-,11-9-,16-14-,17-15-,22-20-,23-21-,28-26-,29-27-,34-32-,37-36-,40-39-,43-42-,44-33-,49-47-,50-48-,55-53-,56-54-,62-60-. The maximum absolute atomic E-state index is 12.9. The highest BCUT2D eigenvalue weighted by molar-refractivity contribution is 7.47. The Morgan fingerprint density at radius 3 is 0.932 bits per heavy atom. The normalized spacial score (nSPS) is 14.6. The largest absolute Gasteiger partial charge is 0.472 e. The number of esters is 2. The van der Waals surface area contributed by atoms with Gasteiger partial charge in [0, 0.05) is 12.8 Å². The van der Waals surface area contributed by atoms with Crippen molar-refractivity contribution >= 4 is 19.8 Å². The van der Waals surface area contributed by atoms with Gasteiger partial charge in [-0.3, -0.25) is 18.6 Å². The molecule has 0 amide bonds. The fraction of sp³-hybridized carbons (Fsp3) is 0.513. The molecule has 0 aromatic carbocycles. The van der Waals surface area contributed by atoms with Crippen molar-refractivity contribution in [1.82, 2.24) is 0 Å². The minimum atomic E-state index is -4.42. The van der Waals surface area contributed by atoms with Gasteiger partial charge in [0.25, 0.3) is 0 Å². The zero-order chi connectivity index (χ0) is 64.1. The van der Waals surface area contributed by atoms with E-state index in [1.54, 1.807) is 0 Å². The summed E-state index contributed by atoms with van der Waals surface area (Å²) in [6.07, 6.45) is 106. The summed E-state index contributed by atoms with van der Waals surface area (Å²) in [6.45, 7) is 4.10. The molecule has 0 aromatic heterocycles. The molecule has 0 bridgehead atoms. The second-order valence-electron chi connectivity index (χ2n) is 22.4. The first-order chi connectivity index (χ1) is 43.0. The highest BCUT2D eigenvalue weighted by atomic mass is 31.2. The first kappa shape index (κ1) is 82.3. The van der Waals surface area contributed by atoms with E-state index >= 15 is 0 Å². The lowest BCUT2D eigenvalue weighted by molar-refractivity contribution is -0.870. The topological polar surface area (TPSA) is 108 Å².